The summed E-state index contributed by atoms with van der Waals surface area (Å²) in [5.41, 5.74) is 2.80. The van der Waals surface area contributed by atoms with Crippen LogP contribution in [0.1, 0.15) is 43.7 Å². The summed E-state index contributed by atoms with van der Waals surface area (Å²) >= 11 is 0. The summed E-state index contributed by atoms with van der Waals surface area (Å²) in [6.45, 7) is 9.61. The lowest BCUT2D eigenvalue weighted by Crippen LogP contribution is -2.40. The number of hydrogen-bond acceptors (Lipinski definition) is 4. The maximum Gasteiger partial charge on any atom is 0.193 e. The number of likely N-dealkylation sites (tertiary alicyclic amines) is 2. The lowest BCUT2D eigenvalue weighted by Gasteiger charge is -2.34. The maximum absolute atomic E-state index is 5.73. The quantitative estimate of drug-likeness (QED) is 0.381. The van der Waals surface area contributed by atoms with Crippen molar-refractivity contribution in [2.45, 2.75) is 51.7 Å². The number of ether oxygens (including phenoxy) is 2. The molecule has 0 spiro atoms. The third kappa shape index (κ3) is 6.69. The molecule has 6 heteroatoms. The fraction of sp³-hybridized carbons (Fsp3) is 0.708. The van der Waals surface area contributed by atoms with Crippen LogP contribution < -0.4 is 5.32 Å². The molecule has 0 amide bonds. The smallest absolute Gasteiger partial charge is 0.193 e. The first-order chi connectivity index (χ1) is 14.7. The summed E-state index contributed by atoms with van der Waals surface area (Å²) in [6, 6.07) is 9.52. The van der Waals surface area contributed by atoms with E-state index in [0.29, 0.717) is 25.2 Å². The van der Waals surface area contributed by atoms with Crippen LogP contribution in [0.2, 0.25) is 0 Å². The summed E-state index contributed by atoms with van der Waals surface area (Å²) < 4.78 is 10.8. The zero-order valence-corrected chi connectivity index (χ0v) is 19.1. The molecule has 168 valence electrons. The molecule has 1 aromatic rings. The minimum Gasteiger partial charge on any atom is -0.382 e. The van der Waals surface area contributed by atoms with Crippen LogP contribution in [-0.4, -0.2) is 75.4 Å². The summed E-state index contributed by atoms with van der Waals surface area (Å²) in [7, 11) is 3.59. The van der Waals surface area contributed by atoms with Crippen molar-refractivity contribution in [3.63, 3.8) is 0 Å². The minimum absolute atomic E-state index is 0.563. The monoisotopic (exact) mass is 416 g/mol. The van der Waals surface area contributed by atoms with E-state index in [-0.39, 0.29) is 0 Å². The molecule has 1 aromatic carbocycles. The molecule has 0 saturated carbocycles. The SMILES string of the molecule is CN=C(NCc1ccccc1CN1CCCCC1C)N1CCC(COCCOC)C1. The van der Waals surface area contributed by atoms with Crippen LogP contribution >= 0.6 is 0 Å². The number of rotatable bonds is 9. The Morgan fingerprint density at radius 2 is 1.97 bits per heavy atom. The Morgan fingerprint density at radius 1 is 1.13 bits per heavy atom. The predicted octanol–water partition coefficient (Wildman–Crippen LogP) is 3.12. The van der Waals surface area contributed by atoms with Gasteiger partial charge in [0.05, 0.1) is 19.8 Å². The number of benzene rings is 1. The lowest BCUT2D eigenvalue weighted by molar-refractivity contribution is 0.0536. The van der Waals surface area contributed by atoms with E-state index in [0.717, 1.165) is 45.2 Å². The molecule has 2 saturated heterocycles. The van der Waals surface area contributed by atoms with Crippen molar-refractivity contribution in [3.8, 4) is 0 Å². The molecule has 0 radical (unpaired) electrons. The van der Waals surface area contributed by atoms with E-state index in [1.165, 1.54) is 36.9 Å². The minimum atomic E-state index is 0.563. The second kappa shape index (κ2) is 12.3. The Labute approximate surface area is 182 Å². The van der Waals surface area contributed by atoms with Crippen molar-refractivity contribution in [2.24, 2.45) is 10.9 Å². The van der Waals surface area contributed by atoms with Crippen LogP contribution in [-0.2, 0) is 22.6 Å². The second-order valence-electron chi connectivity index (χ2n) is 8.65. The normalized spacial score (nSPS) is 23.2. The third-order valence-corrected chi connectivity index (χ3v) is 6.45. The van der Waals surface area contributed by atoms with Gasteiger partial charge in [-0.2, -0.15) is 0 Å². The summed E-state index contributed by atoms with van der Waals surface area (Å²) in [5, 5.41) is 3.61. The molecule has 0 aliphatic carbocycles. The molecule has 3 rings (SSSR count). The fourth-order valence-electron chi connectivity index (χ4n) is 4.56. The highest BCUT2D eigenvalue weighted by molar-refractivity contribution is 5.80. The van der Waals surface area contributed by atoms with Crippen molar-refractivity contribution >= 4 is 5.96 Å². The number of nitrogens with zero attached hydrogens (tertiary/aromatic N) is 3. The molecule has 2 unspecified atom stereocenters. The molecule has 6 nitrogen and oxygen atoms in total. The first-order valence-electron chi connectivity index (χ1n) is 11.5. The van der Waals surface area contributed by atoms with Gasteiger partial charge in [0.2, 0.25) is 0 Å². The van der Waals surface area contributed by atoms with Gasteiger partial charge < -0.3 is 19.7 Å². The summed E-state index contributed by atoms with van der Waals surface area (Å²) in [5.74, 6) is 1.56. The molecule has 30 heavy (non-hydrogen) atoms. The largest absolute Gasteiger partial charge is 0.382 e. The molecule has 2 aliphatic heterocycles. The van der Waals surface area contributed by atoms with E-state index < -0.39 is 0 Å². The lowest BCUT2D eigenvalue weighted by atomic mass is 10.0. The summed E-state index contributed by atoms with van der Waals surface area (Å²) in [6.07, 6.45) is 5.16. The Bertz CT molecular complexity index is 666. The summed E-state index contributed by atoms with van der Waals surface area (Å²) in [4.78, 5) is 9.54. The Morgan fingerprint density at radius 3 is 2.73 bits per heavy atom. The number of piperidine rings is 1. The van der Waals surface area contributed by atoms with Gasteiger partial charge in [0.25, 0.3) is 0 Å². The van der Waals surface area contributed by atoms with Gasteiger partial charge in [-0.3, -0.25) is 9.89 Å². The topological polar surface area (TPSA) is 49.3 Å². The van der Waals surface area contributed by atoms with Crippen LogP contribution in [0.15, 0.2) is 29.3 Å². The van der Waals surface area contributed by atoms with E-state index >= 15 is 0 Å². The maximum atomic E-state index is 5.73. The van der Waals surface area contributed by atoms with E-state index in [1.54, 1.807) is 7.11 Å². The highest BCUT2D eigenvalue weighted by Crippen LogP contribution is 2.21. The van der Waals surface area contributed by atoms with Crippen molar-refractivity contribution < 1.29 is 9.47 Å². The van der Waals surface area contributed by atoms with Gasteiger partial charge in [-0.1, -0.05) is 30.7 Å². The van der Waals surface area contributed by atoms with Gasteiger partial charge >= 0.3 is 0 Å². The zero-order valence-electron chi connectivity index (χ0n) is 19.1. The molecule has 2 heterocycles. The second-order valence-corrected chi connectivity index (χ2v) is 8.65. The number of methoxy groups -OCH3 is 1. The number of guanidine groups is 1. The zero-order chi connectivity index (χ0) is 21.2. The van der Waals surface area contributed by atoms with Gasteiger partial charge in [0.15, 0.2) is 5.96 Å². The van der Waals surface area contributed by atoms with E-state index in [2.05, 4.69) is 51.3 Å². The van der Waals surface area contributed by atoms with Crippen LogP contribution in [0, 0.1) is 5.92 Å². The Kier molecular flexibility index (Phi) is 9.43. The molecule has 2 aliphatic rings. The molecule has 0 aromatic heterocycles. The Hall–Kier alpha value is -1.63. The van der Waals surface area contributed by atoms with E-state index in [9.17, 15) is 0 Å². The van der Waals surface area contributed by atoms with Crippen molar-refractivity contribution in [2.75, 3.05) is 53.6 Å². The molecule has 0 bridgehead atoms. The molecule has 2 fully saturated rings. The van der Waals surface area contributed by atoms with Crippen molar-refractivity contribution in [1.29, 1.82) is 0 Å². The molecule has 1 N–H and O–H groups in total. The highest BCUT2D eigenvalue weighted by Gasteiger charge is 2.25. The number of nitrogens with one attached hydrogen (secondary N) is 1. The van der Waals surface area contributed by atoms with Crippen LogP contribution in [0.5, 0.6) is 0 Å². The average Bonchev–Trinajstić information content (AvgIpc) is 3.23. The standard InChI is InChI=1S/C24H40N4O2/c1-20-8-6-7-12-27(20)18-23-10-5-4-9-22(23)16-26-24(25-2)28-13-11-21(17-28)19-30-15-14-29-3/h4-5,9-10,20-21H,6-8,11-19H2,1-3H3,(H,25,26). The van der Waals surface area contributed by atoms with Gasteiger partial charge in [0.1, 0.15) is 0 Å². The first kappa shape index (κ1) is 23.0. The van der Waals surface area contributed by atoms with Gasteiger partial charge in [0, 0.05) is 52.3 Å². The van der Waals surface area contributed by atoms with Gasteiger partial charge in [-0.05, 0) is 43.9 Å². The first-order valence-corrected chi connectivity index (χ1v) is 11.5. The van der Waals surface area contributed by atoms with Crippen LogP contribution in [0.25, 0.3) is 0 Å². The molecular weight excluding hydrogens is 376 g/mol. The van der Waals surface area contributed by atoms with E-state index in [1.807, 2.05) is 7.05 Å². The number of aliphatic imine (C=N–C) groups is 1. The predicted molar refractivity (Wildman–Crippen MR) is 123 cm³/mol. The third-order valence-electron chi connectivity index (χ3n) is 6.45. The Balaban J connectivity index is 1.51. The van der Waals surface area contributed by atoms with Crippen LogP contribution in [0.4, 0.5) is 0 Å². The average molecular weight is 417 g/mol. The molecule has 2 atom stereocenters. The van der Waals surface area contributed by atoms with Crippen molar-refractivity contribution in [3.05, 3.63) is 35.4 Å². The van der Waals surface area contributed by atoms with Crippen LogP contribution in [0.3, 0.4) is 0 Å². The highest BCUT2D eigenvalue weighted by atomic mass is 16.5. The van der Waals surface area contributed by atoms with Gasteiger partial charge in [-0.15, -0.1) is 0 Å². The van der Waals surface area contributed by atoms with Gasteiger partial charge in [-0.25, -0.2) is 0 Å². The van der Waals surface area contributed by atoms with E-state index in [4.69, 9.17) is 9.47 Å². The number of hydrogen-bond donors (Lipinski definition) is 1. The van der Waals surface area contributed by atoms with Crippen molar-refractivity contribution in [1.82, 2.24) is 15.1 Å². The fourth-order valence-corrected chi connectivity index (χ4v) is 4.56. The molecular formula is C24H40N4O2.